The fraction of sp³-hybridized carbons (Fsp3) is 0.261. The number of fused-ring (bicyclic) bond motifs is 8. The zero-order valence-corrected chi connectivity index (χ0v) is 31.2. The highest BCUT2D eigenvalue weighted by atomic mass is 16.4. The van der Waals surface area contributed by atoms with Gasteiger partial charge in [0.05, 0.1) is 11.3 Å². The molecule has 0 N–H and O–H groups in total. The van der Waals surface area contributed by atoms with Gasteiger partial charge in [-0.25, -0.2) is 0 Å². The Morgan fingerprint density at radius 3 is 1.61 bits per heavy atom. The maximum Gasteiger partial charge on any atom is 0.302 e. The minimum atomic E-state index is -0.162. The molecular formula is C46H45BN2O2. The highest BCUT2D eigenvalue weighted by molar-refractivity contribution is 7.01. The first-order chi connectivity index (χ1) is 24.2. The summed E-state index contributed by atoms with van der Waals surface area (Å²) < 4.78 is 14.0. The van der Waals surface area contributed by atoms with Crippen molar-refractivity contribution in [3.05, 3.63) is 126 Å². The minimum absolute atomic E-state index is 0.0148. The van der Waals surface area contributed by atoms with E-state index >= 15 is 0 Å². The van der Waals surface area contributed by atoms with Crippen LogP contribution in [-0.4, -0.2) is 6.71 Å². The molecule has 0 bridgehead atoms. The molecule has 4 nitrogen and oxygen atoms in total. The van der Waals surface area contributed by atoms with Gasteiger partial charge in [0.25, 0.3) is 0 Å². The average molecular weight is 669 g/mol. The van der Waals surface area contributed by atoms with Crippen LogP contribution < -0.4 is 26.4 Å². The summed E-state index contributed by atoms with van der Waals surface area (Å²) in [4.78, 5) is 4.77. The Morgan fingerprint density at radius 2 is 1.00 bits per heavy atom. The van der Waals surface area contributed by atoms with E-state index in [4.69, 9.17) is 8.83 Å². The van der Waals surface area contributed by atoms with E-state index in [-0.39, 0.29) is 23.0 Å². The van der Waals surface area contributed by atoms with Crippen molar-refractivity contribution in [3.63, 3.8) is 0 Å². The third-order valence-electron chi connectivity index (χ3n) is 11.0. The average Bonchev–Trinajstić information content (AvgIpc) is 3.66. The molecule has 0 saturated carbocycles. The molecule has 0 unspecified atom stereocenters. The van der Waals surface area contributed by atoms with Crippen molar-refractivity contribution < 1.29 is 8.83 Å². The molecule has 0 radical (unpaired) electrons. The van der Waals surface area contributed by atoms with E-state index in [1.165, 1.54) is 22.2 Å². The molecular weight excluding hydrogens is 623 g/mol. The second-order valence-corrected chi connectivity index (χ2v) is 17.5. The number of para-hydroxylation sites is 1. The SMILES string of the molecule is CC(C)(C)c1ccc(N2c3cccc4c3B(c3oc5ccc(C(C)(C)C)cc5c3N4c3ccc(C(C)(C)C)cc3)c3c2oc2ccccc32)cc1. The highest BCUT2D eigenvalue weighted by Crippen LogP contribution is 2.48. The summed E-state index contributed by atoms with van der Waals surface area (Å²) in [7, 11) is 0. The summed E-state index contributed by atoms with van der Waals surface area (Å²) in [6, 6.07) is 40.0. The van der Waals surface area contributed by atoms with Gasteiger partial charge in [-0.15, -0.1) is 0 Å². The van der Waals surface area contributed by atoms with Crippen LogP contribution in [0.4, 0.5) is 34.3 Å². The maximum atomic E-state index is 7.10. The second kappa shape index (κ2) is 10.7. The van der Waals surface area contributed by atoms with Crippen LogP contribution in [0.1, 0.15) is 79.0 Å². The Hall–Kier alpha value is -5.16. The first kappa shape index (κ1) is 31.8. The first-order valence-corrected chi connectivity index (χ1v) is 18.2. The molecule has 4 heterocycles. The number of rotatable bonds is 2. The van der Waals surface area contributed by atoms with Crippen molar-refractivity contribution in [1.29, 1.82) is 0 Å². The van der Waals surface area contributed by atoms with E-state index in [1.807, 2.05) is 0 Å². The number of hydrogen-bond acceptors (Lipinski definition) is 4. The fourth-order valence-electron chi connectivity index (χ4n) is 8.10. The molecule has 5 aromatic carbocycles. The predicted molar refractivity (Wildman–Crippen MR) is 216 cm³/mol. The molecule has 0 spiro atoms. The topological polar surface area (TPSA) is 32.8 Å². The monoisotopic (exact) mass is 668 g/mol. The van der Waals surface area contributed by atoms with Crippen molar-refractivity contribution in [1.82, 2.24) is 0 Å². The summed E-state index contributed by atoms with van der Waals surface area (Å²) in [5.41, 5.74) is 14.6. The van der Waals surface area contributed by atoms with Crippen LogP contribution >= 0.6 is 0 Å². The smallest absolute Gasteiger partial charge is 0.302 e. The Morgan fingerprint density at radius 1 is 0.471 bits per heavy atom. The number of benzene rings is 5. The van der Waals surface area contributed by atoms with Crippen LogP contribution in [0, 0.1) is 0 Å². The summed E-state index contributed by atoms with van der Waals surface area (Å²) in [5.74, 6) is 0.846. The van der Waals surface area contributed by atoms with Crippen LogP contribution in [0.3, 0.4) is 0 Å². The van der Waals surface area contributed by atoms with Crippen molar-refractivity contribution in [2.45, 2.75) is 78.6 Å². The zero-order valence-electron chi connectivity index (χ0n) is 31.2. The van der Waals surface area contributed by atoms with E-state index in [0.29, 0.717) is 0 Å². The molecule has 0 atom stereocenters. The summed E-state index contributed by atoms with van der Waals surface area (Å²) >= 11 is 0. The summed E-state index contributed by atoms with van der Waals surface area (Å²) in [6.45, 7) is 20.3. The molecule has 51 heavy (non-hydrogen) atoms. The van der Waals surface area contributed by atoms with Crippen LogP contribution in [0.15, 0.2) is 118 Å². The van der Waals surface area contributed by atoms with E-state index < -0.39 is 0 Å². The number of anilines is 6. The third kappa shape index (κ3) is 4.81. The lowest BCUT2D eigenvalue weighted by Gasteiger charge is -2.40. The first-order valence-electron chi connectivity index (χ1n) is 18.2. The fourth-order valence-corrected chi connectivity index (χ4v) is 8.10. The van der Waals surface area contributed by atoms with Crippen molar-refractivity contribution in [2.75, 3.05) is 9.80 Å². The van der Waals surface area contributed by atoms with Gasteiger partial charge < -0.3 is 13.7 Å². The third-order valence-corrected chi connectivity index (χ3v) is 11.0. The van der Waals surface area contributed by atoms with Crippen LogP contribution in [0.5, 0.6) is 0 Å². The largest absolute Gasteiger partial charge is 0.468 e. The van der Waals surface area contributed by atoms with Crippen molar-refractivity contribution >= 4 is 79.6 Å². The number of nitrogens with zero attached hydrogens (tertiary/aromatic N) is 2. The summed E-state index contributed by atoms with van der Waals surface area (Å²) in [6.07, 6.45) is 0. The molecule has 0 aliphatic carbocycles. The molecule has 2 aromatic heterocycles. The van der Waals surface area contributed by atoms with E-state index in [1.54, 1.807) is 0 Å². The van der Waals surface area contributed by atoms with Gasteiger partial charge in [-0.2, -0.15) is 0 Å². The molecule has 0 saturated heterocycles. The molecule has 0 fully saturated rings. The van der Waals surface area contributed by atoms with Gasteiger partial charge in [0.1, 0.15) is 11.2 Å². The molecule has 2 aliphatic rings. The second-order valence-electron chi connectivity index (χ2n) is 17.5. The van der Waals surface area contributed by atoms with Gasteiger partial charge in [-0.05, 0) is 93.0 Å². The molecule has 0 amide bonds. The Kier molecular flexibility index (Phi) is 6.66. The quantitative estimate of drug-likeness (QED) is 0.172. The van der Waals surface area contributed by atoms with Crippen LogP contribution in [-0.2, 0) is 16.2 Å². The van der Waals surface area contributed by atoms with Gasteiger partial charge in [-0.3, -0.25) is 4.90 Å². The molecule has 254 valence electrons. The Balaban J connectivity index is 1.37. The van der Waals surface area contributed by atoms with E-state index in [0.717, 1.165) is 67.4 Å². The predicted octanol–water partition coefficient (Wildman–Crippen LogP) is 11.2. The number of furan rings is 2. The molecule has 5 heteroatoms. The molecule has 2 aliphatic heterocycles. The number of hydrogen-bond donors (Lipinski definition) is 0. The van der Waals surface area contributed by atoms with Gasteiger partial charge in [0.2, 0.25) is 5.88 Å². The van der Waals surface area contributed by atoms with Crippen molar-refractivity contribution in [3.8, 4) is 0 Å². The van der Waals surface area contributed by atoms with Gasteiger partial charge in [0, 0.05) is 39.0 Å². The van der Waals surface area contributed by atoms with Crippen LogP contribution in [0.25, 0.3) is 21.9 Å². The van der Waals surface area contributed by atoms with E-state index in [2.05, 4.69) is 181 Å². The highest BCUT2D eigenvalue weighted by Gasteiger charge is 2.49. The minimum Gasteiger partial charge on any atom is -0.468 e. The molecule has 9 rings (SSSR count). The lowest BCUT2D eigenvalue weighted by Crippen LogP contribution is -2.60. The lowest BCUT2D eigenvalue weighted by molar-refractivity contribution is 0.590. The van der Waals surface area contributed by atoms with Gasteiger partial charge >= 0.3 is 6.71 Å². The maximum absolute atomic E-state index is 7.10. The lowest BCUT2D eigenvalue weighted by atomic mass is 9.35. The van der Waals surface area contributed by atoms with Crippen molar-refractivity contribution in [2.24, 2.45) is 0 Å². The van der Waals surface area contributed by atoms with Gasteiger partial charge in [0.15, 0.2) is 0 Å². The van der Waals surface area contributed by atoms with E-state index in [9.17, 15) is 0 Å². The van der Waals surface area contributed by atoms with Gasteiger partial charge in [-0.1, -0.05) is 117 Å². The standard InChI is InChI=1S/C46H45BN2O2/c1-44(2,3)28-17-22-31(23-18-28)48-35-14-12-15-36-40(35)47(42-41(48)34-27-30(46(7,8)9)21-26-38(34)50-42)39-33-13-10-11-16-37(33)51-43(39)49(36)32-24-19-29(20-25-32)45(4,5)6/h10-27H,1-9H3. The molecule has 7 aromatic rings. The van der Waals surface area contributed by atoms with Crippen LogP contribution in [0.2, 0.25) is 0 Å². The Labute approximate surface area is 301 Å². The zero-order chi connectivity index (χ0) is 35.6. The normalized spacial score (nSPS) is 14.3. The Bertz CT molecular complexity index is 2480. The summed E-state index contributed by atoms with van der Waals surface area (Å²) in [5, 5.41) is 2.24.